The Morgan fingerprint density at radius 2 is 1.66 bits per heavy atom. The number of carbonyl (C=O) groups is 1. The number of methoxy groups -OCH3 is 1. The molecular formula is C27H31ClN2O4S. The highest BCUT2D eigenvalue weighted by Crippen LogP contribution is 2.28. The van der Waals surface area contributed by atoms with Gasteiger partial charge < -0.3 is 10.1 Å². The number of aryl methyl sites for hydroxylation is 3. The van der Waals surface area contributed by atoms with E-state index in [2.05, 4.69) is 5.32 Å². The number of hydrogen-bond donors (Lipinski definition) is 1. The van der Waals surface area contributed by atoms with Crippen molar-refractivity contribution in [2.75, 3.05) is 18.0 Å². The van der Waals surface area contributed by atoms with Crippen molar-refractivity contribution in [2.45, 2.75) is 45.1 Å². The molecule has 0 saturated heterocycles. The second-order valence-electron chi connectivity index (χ2n) is 8.49. The predicted octanol–water partition coefficient (Wildman–Crippen LogP) is 5.74. The highest BCUT2D eigenvalue weighted by molar-refractivity contribution is 7.92. The van der Waals surface area contributed by atoms with Crippen LogP contribution >= 0.6 is 11.6 Å². The number of benzene rings is 3. The minimum Gasteiger partial charge on any atom is -0.496 e. The van der Waals surface area contributed by atoms with Crippen molar-refractivity contribution in [3.63, 3.8) is 0 Å². The molecule has 0 radical (unpaired) electrons. The number of nitrogens with zero attached hydrogens (tertiary/aromatic N) is 1. The number of amides is 1. The number of nitrogens with one attached hydrogen (secondary N) is 1. The van der Waals surface area contributed by atoms with Gasteiger partial charge in [0, 0.05) is 5.02 Å². The Morgan fingerprint density at radius 3 is 2.23 bits per heavy atom. The Hall–Kier alpha value is -3.03. The van der Waals surface area contributed by atoms with Crippen LogP contribution in [-0.4, -0.2) is 28.0 Å². The number of hydrogen-bond acceptors (Lipinski definition) is 4. The lowest BCUT2D eigenvalue weighted by molar-refractivity contribution is -0.120. The smallest absolute Gasteiger partial charge is 0.264 e. The Morgan fingerprint density at radius 1 is 0.971 bits per heavy atom. The molecule has 0 fully saturated rings. The van der Waals surface area contributed by atoms with Crippen molar-refractivity contribution < 1.29 is 17.9 Å². The molecule has 3 aromatic rings. The summed E-state index contributed by atoms with van der Waals surface area (Å²) in [5.41, 5.74) is 4.27. The minimum absolute atomic E-state index is 0.0609. The summed E-state index contributed by atoms with van der Waals surface area (Å²) in [6, 6.07) is 16.7. The third-order valence-electron chi connectivity index (χ3n) is 6.03. The molecule has 3 rings (SSSR count). The van der Waals surface area contributed by atoms with Crippen molar-refractivity contribution >= 4 is 33.2 Å². The van der Waals surface area contributed by atoms with E-state index in [0.717, 1.165) is 32.3 Å². The zero-order chi connectivity index (χ0) is 25.8. The molecule has 0 spiro atoms. The quantitative estimate of drug-likeness (QED) is 0.395. The standard InChI is InChI=1S/C27H31ClN2O4S/c1-6-25(21-8-14-26(34-5)20(4)15-21)29-27(31)17-30(23-11-7-18(2)19(3)16-23)35(32,33)24-12-9-22(28)10-13-24/h7-16,25H,6,17H2,1-5H3,(H,29,31). The van der Waals surface area contributed by atoms with E-state index in [1.165, 1.54) is 24.3 Å². The third-order valence-corrected chi connectivity index (χ3v) is 8.07. The highest BCUT2D eigenvalue weighted by Gasteiger charge is 2.28. The lowest BCUT2D eigenvalue weighted by Gasteiger charge is -2.26. The lowest BCUT2D eigenvalue weighted by atomic mass is 10.0. The van der Waals surface area contributed by atoms with Gasteiger partial charge in [0.05, 0.1) is 23.7 Å². The first-order valence-electron chi connectivity index (χ1n) is 11.4. The normalized spacial score (nSPS) is 12.2. The van der Waals surface area contributed by atoms with Crippen LogP contribution < -0.4 is 14.4 Å². The van der Waals surface area contributed by atoms with Gasteiger partial charge in [-0.1, -0.05) is 36.7 Å². The van der Waals surface area contributed by atoms with Gasteiger partial charge in [-0.05, 0) is 91.9 Å². The molecule has 0 aliphatic heterocycles. The van der Waals surface area contributed by atoms with Crippen molar-refractivity contribution in [1.29, 1.82) is 0 Å². The molecule has 8 heteroatoms. The Labute approximate surface area is 212 Å². The average molecular weight is 515 g/mol. The third kappa shape index (κ3) is 6.16. The minimum atomic E-state index is -4.02. The Kier molecular flexibility index (Phi) is 8.46. The van der Waals surface area contributed by atoms with E-state index in [1.807, 2.05) is 52.0 Å². The lowest BCUT2D eigenvalue weighted by Crippen LogP contribution is -2.42. The fourth-order valence-electron chi connectivity index (χ4n) is 3.84. The summed E-state index contributed by atoms with van der Waals surface area (Å²) in [5, 5.41) is 3.43. The van der Waals surface area contributed by atoms with Crippen LogP contribution in [0, 0.1) is 20.8 Å². The van der Waals surface area contributed by atoms with Gasteiger partial charge in [-0.3, -0.25) is 9.10 Å². The van der Waals surface area contributed by atoms with Crippen LogP contribution in [0.4, 0.5) is 5.69 Å². The van der Waals surface area contributed by atoms with E-state index < -0.39 is 15.9 Å². The van der Waals surface area contributed by atoms with Crippen molar-refractivity contribution in [1.82, 2.24) is 5.32 Å². The van der Waals surface area contributed by atoms with Crippen LogP contribution in [0.2, 0.25) is 5.02 Å². The van der Waals surface area contributed by atoms with E-state index in [0.29, 0.717) is 17.1 Å². The average Bonchev–Trinajstić information content (AvgIpc) is 2.83. The zero-order valence-electron chi connectivity index (χ0n) is 20.6. The van der Waals surface area contributed by atoms with Crippen molar-refractivity contribution in [3.8, 4) is 5.75 Å². The van der Waals surface area contributed by atoms with Crippen LogP contribution in [0.25, 0.3) is 0 Å². The maximum Gasteiger partial charge on any atom is 0.264 e. The molecule has 6 nitrogen and oxygen atoms in total. The Bertz CT molecular complexity index is 1310. The number of halogens is 1. The largest absolute Gasteiger partial charge is 0.496 e. The first-order chi connectivity index (χ1) is 16.6. The van der Waals surface area contributed by atoms with E-state index in [1.54, 1.807) is 19.2 Å². The van der Waals surface area contributed by atoms with E-state index in [-0.39, 0.29) is 17.5 Å². The first kappa shape index (κ1) is 26.6. The molecule has 0 aromatic heterocycles. The van der Waals surface area contributed by atoms with E-state index in [9.17, 15) is 13.2 Å². The van der Waals surface area contributed by atoms with Gasteiger partial charge in [0.25, 0.3) is 10.0 Å². The van der Waals surface area contributed by atoms with Crippen LogP contribution in [0.15, 0.2) is 65.6 Å². The zero-order valence-corrected chi connectivity index (χ0v) is 22.2. The SMILES string of the molecule is CCC(NC(=O)CN(c1ccc(C)c(C)c1)S(=O)(=O)c1ccc(Cl)cc1)c1ccc(OC)c(C)c1. The number of sulfonamides is 1. The molecule has 0 saturated carbocycles. The van der Waals surface area contributed by atoms with Crippen molar-refractivity contribution in [3.05, 3.63) is 87.9 Å². The molecule has 1 amide bonds. The summed E-state index contributed by atoms with van der Waals surface area (Å²) in [6.07, 6.45) is 0.644. The Balaban J connectivity index is 1.93. The summed E-state index contributed by atoms with van der Waals surface area (Å²) >= 11 is 5.96. The molecule has 0 bridgehead atoms. The van der Waals surface area contributed by atoms with Crippen LogP contribution in [-0.2, 0) is 14.8 Å². The fourth-order valence-corrected chi connectivity index (χ4v) is 5.38. The van der Waals surface area contributed by atoms with Gasteiger partial charge >= 0.3 is 0 Å². The highest BCUT2D eigenvalue weighted by atomic mass is 35.5. The molecule has 0 aliphatic carbocycles. The van der Waals surface area contributed by atoms with Gasteiger partial charge in [0.1, 0.15) is 12.3 Å². The van der Waals surface area contributed by atoms with Crippen LogP contribution in [0.3, 0.4) is 0 Å². The molecule has 1 unspecified atom stereocenters. The van der Waals surface area contributed by atoms with Gasteiger partial charge in [0.15, 0.2) is 0 Å². The monoisotopic (exact) mass is 514 g/mol. The molecule has 3 aromatic carbocycles. The summed E-state index contributed by atoms with van der Waals surface area (Å²) < 4.78 is 33.7. The maximum absolute atomic E-state index is 13.6. The molecule has 35 heavy (non-hydrogen) atoms. The number of ether oxygens (including phenoxy) is 1. The van der Waals surface area contributed by atoms with Gasteiger partial charge in [-0.15, -0.1) is 0 Å². The second kappa shape index (κ2) is 11.1. The molecule has 0 aliphatic rings. The second-order valence-corrected chi connectivity index (χ2v) is 10.8. The first-order valence-corrected chi connectivity index (χ1v) is 13.2. The number of rotatable bonds is 9. The van der Waals surface area contributed by atoms with Gasteiger partial charge in [-0.2, -0.15) is 0 Å². The van der Waals surface area contributed by atoms with E-state index >= 15 is 0 Å². The summed E-state index contributed by atoms with van der Waals surface area (Å²) in [4.78, 5) is 13.3. The van der Waals surface area contributed by atoms with Crippen molar-refractivity contribution in [2.24, 2.45) is 0 Å². The fraction of sp³-hybridized carbons (Fsp3) is 0.296. The molecule has 1 atom stereocenters. The molecular weight excluding hydrogens is 484 g/mol. The molecule has 186 valence electrons. The summed E-state index contributed by atoms with van der Waals surface area (Å²) in [6.45, 7) is 7.41. The summed E-state index contributed by atoms with van der Waals surface area (Å²) in [5.74, 6) is 0.367. The van der Waals surface area contributed by atoms with Crippen LogP contribution in [0.1, 0.15) is 41.6 Å². The maximum atomic E-state index is 13.6. The number of carbonyl (C=O) groups excluding carboxylic acids is 1. The van der Waals surface area contributed by atoms with Crippen LogP contribution in [0.5, 0.6) is 5.75 Å². The molecule has 1 N–H and O–H groups in total. The number of anilines is 1. The van der Waals surface area contributed by atoms with E-state index in [4.69, 9.17) is 16.3 Å². The van der Waals surface area contributed by atoms with Gasteiger partial charge in [-0.25, -0.2) is 8.42 Å². The molecule has 0 heterocycles. The predicted molar refractivity (Wildman–Crippen MR) is 141 cm³/mol. The topological polar surface area (TPSA) is 75.7 Å². The van der Waals surface area contributed by atoms with Gasteiger partial charge in [0.2, 0.25) is 5.91 Å². The summed E-state index contributed by atoms with van der Waals surface area (Å²) in [7, 11) is -2.41.